The number of ether oxygens (including phenoxy) is 1. The summed E-state index contributed by atoms with van der Waals surface area (Å²) in [5, 5.41) is -0.760. The zero-order chi connectivity index (χ0) is 16.2. The van der Waals surface area contributed by atoms with Gasteiger partial charge in [0.1, 0.15) is 5.25 Å². The van der Waals surface area contributed by atoms with Crippen LogP contribution in [-0.2, 0) is 19.4 Å². The number of fused-ring (bicyclic) bond motifs is 2. The first-order valence-corrected chi connectivity index (χ1v) is 9.72. The molecule has 2 heterocycles. The van der Waals surface area contributed by atoms with Crippen LogP contribution < -0.4 is 0 Å². The smallest absolute Gasteiger partial charge is 0.267 e. The topological polar surface area (TPSA) is 63.7 Å². The van der Waals surface area contributed by atoms with Gasteiger partial charge in [0, 0.05) is 13.5 Å². The second-order valence-corrected chi connectivity index (χ2v) is 9.41. The molecule has 0 radical (unpaired) electrons. The summed E-state index contributed by atoms with van der Waals surface area (Å²) in [7, 11) is -1.95. The lowest BCUT2D eigenvalue weighted by atomic mass is 10.0. The molecule has 1 aromatic carbocycles. The van der Waals surface area contributed by atoms with Gasteiger partial charge < -0.3 is 9.64 Å². The van der Waals surface area contributed by atoms with Crippen LogP contribution in [0.4, 0.5) is 0 Å². The monoisotopic (exact) mass is 341 g/mol. The fraction of sp³-hybridized carbons (Fsp3) is 0.533. The van der Waals surface area contributed by atoms with Crippen molar-refractivity contribution in [1.29, 1.82) is 0 Å². The zero-order valence-electron chi connectivity index (χ0n) is 12.8. The van der Waals surface area contributed by atoms with E-state index in [1.54, 1.807) is 44.3 Å². The van der Waals surface area contributed by atoms with Crippen molar-refractivity contribution in [3.8, 4) is 0 Å². The lowest BCUT2D eigenvalue weighted by Gasteiger charge is -2.36. The van der Waals surface area contributed by atoms with E-state index in [9.17, 15) is 13.2 Å². The van der Waals surface area contributed by atoms with Crippen LogP contribution in [0.2, 0.25) is 0 Å². The lowest BCUT2D eigenvalue weighted by Crippen LogP contribution is -2.56. The highest BCUT2D eigenvalue weighted by atomic mass is 32.2. The Labute approximate surface area is 134 Å². The molecule has 3 atom stereocenters. The molecule has 5 nitrogen and oxygen atoms in total. The molecule has 2 aliphatic rings. The predicted octanol–water partition coefficient (Wildman–Crippen LogP) is 1.89. The zero-order valence-corrected chi connectivity index (χ0v) is 14.4. The summed E-state index contributed by atoms with van der Waals surface area (Å²) >= 11 is 1.38. The number of rotatable bonds is 4. The average Bonchev–Trinajstić information content (AvgIpc) is 2.90. The average molecular weight is 341 g/mol. The van der Waals surface area contributed by atoms with Gasteiger partial charge >= 0.3 is 0 Å². The van der Waals surface area contributed by atoms with E-state index in [-0.39, 0.29) is 17.2 Å². The van der Waals surface area contributed by atoms with Crippen LogP contribution in [0.3, 0.4) is 0 Å². The molecule has 2 aliphatic heterocycles. The Hall–Kier alpha value is -1.05. The van der Waals surface area contributed by atoms with Crippen molar-refractivity contribution < 1.29 is 17.9 Å². The van der Waals surface area contributed by atoms with Gasteiger partial charge in [0.15, 0.2) is 20.5 Å². The Bertz CT molecular complexity index is 706. The van der Waals surface area contributed by atoms with Crippen LogP contribution in [0.5, 0.6) is 0 Å². The van der Waals surface area contributed by atoms with Crippen molar-refractivity contribution in [2.24, 2.45) is 0 Å². The van der Waals surface area contributed by atoms with Crippen molar-refractivity contribution in [2.75, 3.05) is 12.8 Å². The summed E-state index contributed by atoms with van der Waals surface area (Å²) in [5.41, 5.74) is -1.12. The lowest BCUT2D eigenvalue weighted by molar-refractivity contribution is -0.133. The van der Waals surface area contributed by atoms with E-state index in [0.29, 0.717) is 5.75 Å². The number of piperidine rings is 1. The highest BCUT2D eigenvalue weighted by Gasteiger charge is 2.71. The molecule has 2 saturated heterocycles. The maximum atomic E-state index is 13.0. The molecule has 0 aliphatic carbocycles. The number of hydrogen-bond acceptors (Lipinski definition) is 5. The molecule has 0 aromatic heterocycles. The molecular formula is C15H19NO4S2. The van der Waals surface area contributed by atoms with E-state index in [0.717, 1.165) is 0 Å². The molecule has 7 heteroatoms. The highest BCUT2D eigenvalue weighted by Crippen LogP contribution is 2.56. The molecule has 2 fully saturated rings. The van der Waals surface area contributed by atoms with Crippen molar-refractivity contribution in [2.45, 2.75) is 41.1 Å². The third-order valence-corrected chi connectivity index (χ3v) is 8.01. The van der Waals surface area contributed by atoms with Crippen LogP contribution in [0.1, 0.15) is 20.3 Å². The van der Waals surface area contributed by atoms with Crippen molar-refractivity contribution in [3.63, 3.8) is 0 Å². The van der Waals surface area contributed by atoms with E-state index in [1.807, 2.05) is 6.92 Å². The third kappa shape index (κ3) is 1.95. The minimum atomic E-state index is -3.57. The van der Waals surface area contributed by atoms with Crippen LogP contribution >= 0.6 is 11.8 Å². The maximum absolute atomic E-state index is 13.0. The Kier molecular flexibility index (Phi) is 3.58. The molecule has 0 spiro atoms. The Morgan fingerprint density at radius 3 is 2.59 bits per heavy atom. The van der Waals surface area contributed by atoms with Gasteiger partial charge in [-0.05, 0) is 24.8 Å². The first-order valence-electron chi connectivity index (χ1n) is 7.19. The summed E-state index contributed by atoms with van der Waals surface area (Å²) in [6, 6.07) is 8.36. The summed E-state index contributed by atoms with van der Waals surface area (Å²) < 4.78 is 32.0. The van der Waals surface area contributed by atoms with Crippen molar-refractivity contribution >= 4 is 27.5 Å². The van der Waals surface area contributed by atoms with Gasteiger partial charge in [0.25, 0.3) is 5.91 Å². The molecule has 1 amide bonds. The van der Waals surface area contributed by atoms with Gasteiger partial charge in [-0.2, -0.15) is 0 Å². The minimum Gasteiger partial charge on any atom is -0.328 e. The summed E-state index contributed by atoms with van der Waals surface area (Å²) in [5.74, 6) is 0.551. The number of carbonyl (C=O) groups excluding carboxylic acids is 1. The highest BCUT2D eigenvalue weighted by molar-refractivity contribution is 8.01. The van der Waals surface area contributed by atoms with E-state index in [2.05, 4.69) is 0 Å². The van der Waals surface area contributed by atoms with Crippen molar-refractivity contribution in [3.05, 3.63) is 30.3 Å². The number of thioether (sulfide) groups is 1. The predicted molar refractivity (Wildman–Crippen MR) is 85.2 cm³/mol. The summed E-state index contributed by atoms with van der Waals surface area (Å²) in [6.45, 7) is 3.63. The van der Waals surface area contributed by atoms with Gasteiger partial charge in [-0.3, -0.25) is 4.79 Å². The molecule has 0 N–H and O–H groups in total. The van der Waals surface area contributed by atoms with Crippen LogP contribution in [-0.4, -0.2) is 47.9 Å². The van der Waals surface area contributed by atoms with Gasteiger partial charge in [-0.15, -0.1) is 11.8 Å². The third-order valence-electron chi connectivity index (χ3n) is 4.54. The number of sulfone groups is 1. The van der Waals surface area contributed by atoms with Crippen LogP contribution in [0, 0.1) is 0 Å². The molecule has 3 rings (SSSR count). The van der Waals surface area contributed by atoms with Gasteiger partial charge in [0.2, 0.25) is 0 Å². The van der Waals surface area contributed by atoms with Crippen molar-refractivity contribution in [1.82, 2.24) is 4.90 Å². The largest absolute Gasteiger partial charge is 0.328 e. The van der Waals surface area contributed by atoms with Gasteiger partial charge in [-0.1, -0.05) is 25.1 Å². The van der Waals surface area contributed by atoms with E-state index < -0.39 is 25.7 Å². The first kappa shape index (κ1) is 15.8. The second kappa shape index (κ2) is 4.97. The molecule has 0 unspecified atom stereocenters. The van der Waals surface area contributed by atoms with Gasteiger partial charge in [0.05, 0.1) is 4.90 Å². The second-order valence-electron chi connectivity index (χ2n) is 5.76. The molecular weight excluding hydrogens is 322 g/mol. The molecule has 120 valence electrons. The summed E-state index contributed by atoms with van der Waals surface area (Å²) in [6.07, 6.45) is 0.197. The number of carbonyl (C=O) groups is 1. The Morgan fingerprint density at radius 1 is 1.36 bits per heavy atom. The van der Waals surface area contributed by atoms with E-state index in [1.165, 1.54) is 16.7 Å². The number of amides is 1. The molecule has 2 bridgehead atoms. The first-order chi connectivity index (χ1) is 10.3. The molecule has 1 aromatic rings. The fourth-order valence-electron chi connectivity index (χ4n) is 3.30. The van der Waals surface area contributed by atoms with Crippen LogP contribution in [0.25, 0.3) is 0 Å². The molecule has 22 heavy (non-hydrogen) atoms. The number of likely N-dealkylation sites (N-methyl/N-ethyl adjacent to an activating group) is 1. The van der Waals surface area contributed by atoms with Gasteiger partial charge in [-0.25, -0.2) is 8.42 Å². The van der Waals surface area contributed by atoms with Crippen LogP contribution in [0.15, 0.2) is 35.2 Å². The Morgan fingerprint density at radius 2 is 2.00 bits per heavy atom. The normalized spacial score (nSPS) is 34.4. The number of nitrogens with zero attached hydrogens (tertiary/aromatic N) is 1. The van der Waals surface area contributed by atoms with E-state index in [4.69, 9.17) is 4.74 Å². The number of benzene rings is 1. The van der Waals surface area contributed by atoms with E-state index >= 15 is 0 Å². The molecule has 0 saturated carbocycles. The quantitative estimate of drug-likeness (QED) is 0.837. The maximum Gasteiger partial charge on any atom is 0.267 e. The minimum absolute atomic E-state index is 0.138. The standard InChI is InChI=1S/C15H19NO4S2/c1-4-21-15-10-12(14(2,20-15)16(3)13(15)17)22(18,19)11-8-6-5-7-9-11/h5-9,12H,4,10H2,1-3H3/t12-,14+,15+/m0/s1. The Balaban J connectivity index is 2.06. The fourth-order valence-corrected chi connectivity index (χ4v) is 6.75. The SMILES string of the molecule is CCS[C@@]12C[C@H](S(=O)(=O)c3ccccc3)[C@@](C)(O1)N(C)C2=O. The number of hydrogen-bond donors (Lipinski definition) is 0. The number of likely N-dealkylation sites (tertiary alicyclic amines) is 1. The summed E-state index contributed by atoms with van der Waals surface area (Å²) in [4.78, 5) is 13.1.